The monoisotopic (exact) mass is 256 g/mol. The molecule has 1 fully saturated rings. The third kappa shape index (κ3) is 3.98. The number of carbonyl (C=O) groups is 2. The summed E-state index contributed by atoms with van der Waals surface area (Å²) in [6.07, 6.45) is 2.75. The summed E-state index contributed by atoms with van der Waals surface area (Å²) in [4.78, 5) is 23.2. The summed E-state index contributed by atoms with van der Waals surface area (Å²) < 4.78 is 4.83. The fourth-order valence-corrected chi connectivity index (χ4v) is 2.26. The lowest BCUT2D eigenvalue weighted by Gasteiger charge is -2.25. The van der Waals surface area contributed by atoms with Gasteiger partial charge in [-0.15, -0.1) is 0 Å². The molecule has 5 nitrogen and oxygen atoms in total. The Labute approximate surface area is 109 Å². The van der Waals surface area contributed by atoms with Gasteiger partial charge in [0.25, 0.3) is 0 Å². The highest BCUT2D eigenvalue weighted by Crippen LogP contribution is 2.29. The zero-order valence-electron chi connectivity index (χ0n) is 11.4. The Bertz CT molecular complexity index is 286. The zero-order valence-corrected chi connectivity index (χ0v) is 11.4. The minimum absolute atomic E-state index is 0.110. The van der Waals surface area contributed by atoms with Crippen LogP contribution in [0.3, 0.4) is 0 Å². The second-order valence-corrected chi connectivity index (χ2v) is 4.73. The van der Waals surface area contributed by atoms with Gasteiger partial charge in [0, 0.05) is 19.5 Å². The predicted octanol–water partition coefficient (Wildman–Crippen LogP) is 0.836. The molecular formula is C13H24N2O3. The van der Waals surface area contributed by atoms with Gasteiger partial charge in [0.15, 0.2) is 0 Å². The number of rotatable bonds is 7. The molecule has 0 aromatic heterocycles. The topological polar surface area (TPSA) is 67.4 Å². The maximum Gasteiger partial charge on any atom is 0.305 e. The van der Waals surface area contributed by atoms with Gasteiger partial charge in [0.05, 0.1) is 12.0 Å². The molecule has 1 heterocycles. The van der Waals surface area contributed by atoms with E-state index in [2.05, 4.69) is 10.6 Å². The van der Waals surface area contributed by atoms with Crippen LogP contribution in [0.4, 0.5) is 0 Å². The first-order valence-electron chi connectivity index (χ1n) is 6.79. The molecule has 0 radical (unpaired) electrons. The van der Waals surface area contributed by atoms with Crippen molar-refractivity contribution in [3.63, 3.8) is 0 Å². The van der Waals surface area contributed by atoms with E-state index >= 15 is 0 Å². The van der Waals surface area contributed by atoms with Crippen LogP contribution in [-0.2, 0) is 14.3 Å². The summed E-state index contributed by atoms with van der Waals surface area (Å²) in [5.41, 5.74) is -0.246. The summed E-state index contributed by atoms with van der Waals surface area (Å²) in [6, 6.07) is 0. The molecule has 0 aromatic carbocycles. The lowest BCUT2D eigenvalue weighted by Crippen LogP contribution is -2.42. The lowest BCUT2D eigenvalue weighted by molar-refractivity contribution is -0.143. The molecule has 2 N–H and O–H groups in total. The SMILES string of the molecule is CCOC(=O)CCCNC(=O)C1(CC)CCNC1. The van der Waals surface area contributed by atoms with Crippen molar-refractivity contribution in [3.05, 3.63) is 0 Å². The minimum atomic E-state index is -0.246. The maximum atomic E-state index is 12.1. The van der Waals surface area contributed by atoms with Gasteiger partial charge in [-0.3, -0.25) is 9.59 Å². The molecule has 1 atom stereocenters. The first kappa shape index (κ1) is 15.0. The lowest BCUT2D eigenvalue weighted by atomic mass is 9.83. The summed E-state index contributed by atoms with van der Waals surface area (Å²) in [5.74, 6) is -0.0849. The quantitative estimate of drug-likeness (QED) is 0.523. The highest BCUT2D eigenvalue weighted by Gasteiger charge is 2.38. The average Bonchev–Trinajstić information content (AvgIpc) is 2.84. The fourth-order valence-electron chi connectivity index (χ4n) is 2.26. The molecule has 1 amide bonds. The largest absolute Gasteiger partial charge is 0.466 e. The van der Waals surface area contributed by atoms with Crippen molar-refractivity contribution in [2.75, 3.05) is 26.2 Å². The van der Waals surface area contributed by atoms with Crippen LogP contribution in [0.5, 0.6) is 0 Å². The van der Waals surface area contributed by atoms with Gasteiger partial charge in [0.1, 0.15) is 0 Å². The Morgan fingerprint density at radius 1 is 1.39 bits per heavy atom. The number of hydrogen-bond donors (Lipinski definition) is 2. The normalized spacial score (nSPS) is 22.8. The van der Waals surface area contributed by atoms with Gasteiger partial charge in [-0.2, -0.15) is 0 Å². The Balaban J connectivity index is 2.22. The van der Waals surface area contributed by atoms with Gasteiger partial charge in [-0.1, -0.05) is 6.92 Å². The number of nitrogens with one attached hydrogen (secondary N) is 2. The van der Waals surface area contributed by atoms with Crippen LogP contribution in [0.1, 0.15) is 39.5 Å². The van der Waals surface area contributed by atoms with E-state index in [1.54, 1.807) is 6.92 Å². The number of hydrogen-bond acceptors (Lipinski definition) is 4. The van der Waals surface area contributed by atoms with E-state index < -0.39 is 0 Å². The smallest absolute Gasteiger partial charge is 0.305 e. The molecule has 0 saturated carbocycles. The zero-order chi connectivity index (χ0) is 13.4. The fraction of sp³-hybridized carbons (Fsp3) is 0.846. The third-order valence-corrected chi connectivity index (χ3v) is 3.55. The Kier molecular flexibility index (Phi) is 6.12. The van der Waals surface area contributed by atoms with Crippen molar-refractivity contribution < 1.29 is 14.3 Å². The molecular weight excluding hydrogens is 232 g/mol. The van der Waals surface area contributed by atoms with Crippen LogP contribution in [0.25, 0.3) is 0 Å². The van der Waals surface area contributed by atoms with E-state index in [4.69, 9.17) is 4.74 Å². The van der Waals surface area contributed by atoms with Crippen LogP contribution in [0.15, 0.2) is 0 Å². The molecule has 1 saturated heterocycles. The van der Waals surface area contributed by atoms with Crippen molar-refractivity contribution in [3.8, 4) is 0 Å². The minimum Gasteiger partial charge on any atom is -0.466 e. The average molecular weight is 256 g/mol. The number of carbonyl (C=O) groups excluding carboxylic acids is 2. The summed E-state index contributed by atoms with van der Waals surface area (Å²) in [5, 5.41) is 6.16. The molecule has 0 bridgehead atoms. The molecule has 0 spiro atoms. The molecule has 0 aromatic rings. The van der Waals surface area contributed by atoms with E-state index in [0.717, 1.165) is 25.9 Å². The first-order chi connectivity index (χ1) is 8.64. The van der Waals surface area contributed by atoms with Crippen molar-refractivity contribution in [1.82, 2.24) is 10.6 Å². The second-order valence-electron chi connectivity index (χ2n) is 4.73. The molecule has 1 rings (SSSR count). The predicted molar refractivity (Wildman–Crippen MR) is 69.1 cm³/mol. The van der Waals surface area contributed by atoms with Gasteiger partial charge in [0.2, 0.25) is 5.91 Å². The van der Waals surface area contributed by atoms with Crippen molar-refractivity contribution in [1.29, 1.82) is 0 Å². The van der Waals surface area contributed by atoms with Crippen LogP contribution in [0.2, 0.25) is 0 Å². The number of ether oxygens (including phenoxy) is 1. The van der Waals surface area contributed by atoms with Crippen LogP contribution < -0.4 is 10.6 Å². The van der Waals surface area contributed by atoms with E-state index in [1.165, 1.54) is 0 Å². The second kappa shape index (κ2) is 7.36. The highest BCUT2D eigenvalue weighted by molar-refractivity contribution is 5.83. The van der Waals surface area contributed by atoms with Crippen LogP contribution in [-0.4, -0.2) is 38.1 Å². The van der Waals surface area contributed by atoms with Crippen molar-refractivity contribution in [2.45, 2.75) is 39.5 Å². The highest BCUT2D eigenvalue weighted by atomic mass is 16.5. The summed E-state index contributed by atoms with van der Waals surface area (Å²) in [6.45, 7) is 6.45. The summed E-state index contributed by atoms with van der Waals surface area (Å²) >= 11 is 0. The molecule has 104 valence electrons. The molecule has 5 heteroatoms. The van der Waals surface area contributed by atoms with Crippen molar-refractivity contribution >= 4 is 11.9 Å². The molecule has 1 unspecified atom stereocenters. The Morgan fingerprint density at radius 2 is 2.17 bits per heavy atom. The molecule has 1 aliphatic rings. The maximum absolute atomic E-state index is 12.1. The van der Waals surface area contributed by atoms with E-state index in [-0.39, 0.29) is 17.3 Å². The van der Waals surface area contributed by atoms with Crippen molar-refractivity contribution in [2.24, 2.45) is 5.41 Å². The van der Waals surface area contributed by atoms with E-state index in [9.17, 15) is 9.59 Å². The van der Waals surface area contributed by atoms with E-state index in [1.807, 2.05) is 6.92 Å². The van der Waals surface area contributed by atoms with Gasteiger partial charge >= 0.3 is 5.97 Å². The van der Waals surface area contributed by atoms with Crippen LogP contribution in [0, 0.1) is 5.41 Å². The number of amides is 1. The molecule has 0 aliphatic carbocycles. The third-order valence-electron chi connectivity index (χ3n) is 3.55. The Morgan fingerprint density at radius 3 is 2.72 bits per heavy atom. The van der Waals surface area contributed by atoms with Gasteiger partial charge in [-0.25, -0.2) is 0 Å². The van der Waals surface area contributed by atoms with Gasteiger partial charge < -0.3 is 15.4 Å². The van der Waals surface area contributed by atoms with Crippen LogP contribution >= 0.6 is 0 Å². The summed E-state index contributed by atoms with van der Waals surface area (Å²) in [7, 11) is 0. The molecule has 1 aliphatic heterocycles. The first-order valence-corrected chi connectivity index (χ1v) is 6.79. The molecule has 18 heavy (non-hydrogen) atoms. The number of esters is 1. The van der Waals surface area contributed by atoms with E-state index in [0.29, 0.717) is 26.0 Å². The van der Waals surface area contributed by atoms with Gasteiger partial charge in [-0.05, 0) is 32.7 Å². The standard InChI is InChI=1S/C13H24N2O3/c1-3-13(7-9-14-10-13)12(17)15-8-5-6-11(16)18-4-2/h14H,3-10H2,1-2H3,(H,15,17). The Hall–Kier alpha value is -1.10.